The van der Waals surface area contributed by atoms with Crippen LogP contribution in [-0.4, -0.2) is 55.8 Å². The lowest BCUT2D eigenvalue weighted by atomic mass is 9.70. The van der Waals surface area contributed by atoms with Gasteiger partial charge in [0, 0.05) is 5.41 Å². The van der Waals surface area contributed by atoms with Gasteiger partial charge in [-0.15, -0.1) is 0 Å². The second-order valence-corrected chi connectivity index (χ2v) is 9.70. The fourth-order valence-electron chi connectivity index (χ4n) is 4.65. The summed E-state index contributed by atoms with van der Waals surface area (Å²) in [5, 5.41) is 0. The van der Waals surface area contributed by atoms with E-state index in [0.717, 1.165) is 12.8 Å². The first-order valence-corrected chi connectivity index (χ1v) is 9.58. The summed E-state index contributed by atoms with van der Waals surface area (Å²) in [4.78, 5) is 24.2. The van der Waals surface area contributed by atoms with Crippen molar-refractivity contribution in [2.24, 2.45) is 16.7 Å². The monoisotopic (exact) mass is 354 g/mol. The highest BCUT2D eigenvalue weighted by molar-refractivity contribution is 5.71. The second kappa shape index (κ2) is 6.90. The Morgan fingerprint density at radius 1 is 1.16 bits per heavy atom. The summed E-state index contributed by atoms with van der Waals surface area (Å²) in [6, 6.07) is 0. The van der Waals surface area contributed by atoms with Crippen LogP contribution >= 0.6 is 0 Å². The fraction of sp³-hybridized carbons (Fsp3) is 0.900. The molecule has 0 radical (unpaired) electrons. The minimum Gasteiger partial charge on any atom is -0.462 e. The molecule has 2 aliphatic rings. The first-order valence-electron chi connectivity index (χ1n) is 9.58. The third-order valence-corrected chi connectivity index (χ3v) is 6.83. The van der Waals surface area contributed by atoms with Gasteiger partial charge in [0.2, 0.25) is 0 Å². The van der Waals surface area contributed by atoms with Crippen molar-refractivity contribution < 1.29 is 23.5 Å². The number of likely N-dealkylation sites (N-methyl/N-ethyl adjacent to an activating group) is 1. The van der Waals surface area contributed by atoms with Crippen LogP contribution in [0.2, 0.25) is 0 Å². The number of rotatable bonds is 7. The number of carbonyl (C=O) groups is 2. The maximum atomic E-state index is 12.4. The molecular formula is C20H36NO4+. The number of fused-ring (bicyclic) bond motifs is 2. The summed E-state index contributed by atoms with van der Waals surface area (Å²) in [7, 11) is 3.88. The highest BCUT2D eigenvalue weighted by Gasteiger charge is 2.62. The van der Waals surface area contributed by atoms with E-state index in [-0.39, 0.29) is 41.5 Å². The van der Waals surface area contributed by atoms with Gasteiger partial charge in [-0.1, -0.05) is 20.8 Å². The van der Waals surface area contributed by atoms with Gasteiger partial charge in [-0.3, -0.25) is 4.79 Å². The Bertz CT molecular complexity index is 526. The van der Waals surface area contributed by atoms with Crippen molar-refractivity contribution in [1.82, 2.24) is 0 Å². The van der Waals surface area contributed by atoms with E-state index in [2.05, 4.69) is 20.8 Å². The van der Waals surface area contributed by atoms with E-state index >= 15 is 0 Å². The molecule has 5 nitrogen and oxygen atoms in total. The molecule has 2 saturated carbocycles. The Morgan fingerprint density at radius 2 is 1.80 bits per heavy atom. The number of nitrogens with zero attached hydrogens (tertiary/aromatic N) is 1. The first-order chi connectivity index (χ1) is 11.4. The molecule has 2 bridgehead atoms. The topological polar surface area (TPSA) is 52.6 Å². The highest BCUT2D eigenvalue weighted by atomic mass is 16.5. The summed E-state index contributed by atoms with van der Waals surface area (Å²) in [6.45, 7) is 11.4. The third-order valence-electron chi connectivity index (χ3n) is 6.83. The van der Waals surface area contributed by atoms with Crippen LogP contribution in [-0.2, 0) is 19.1 Å². The molecule has 2 aliphatic carbocycles. The maximum Gasteiger partial charge on any atom is 0.362 e. The smallest absolute Gasteiger partial charge is 0.362 e. The molecule has 0 aromatic rings. The van der Waals surface area contributed by atoms with Gasteiger partial charge < -0.3 is 14.0 Å². The van der Waals surface area contributed by atoms with E-state index in [9.17, 15) is 9.59 Å². The number of quaternary nitrogens is 1. The highest BCUT2D eigenvalue weighted by Crippen LogP contribution is 2.66. The van der Waals surface area contributed by atoms with Crippen LogP contribution < -0.4 is 0 Å². The molecule has 0 aliphatic heterocycles. The van der Waals surface area contributed by atoms with E-state index in [1.807, 2.05) is 27.9 Å². The first kappa shape index (κ1) is 20.2. The maximum absolute atomic E-state index is 12.4. The second-order valence-electron chi connectivity index (χ2n) is 9.70. The van der Waals surface area contributed by atoms with Crippen molar-refractivity contribution in [3.05, 3.63) is 0 Å². The molecular weight excluding hydrogens is 318 g/mol. The van der Waals surface area contributed by atoms with E-state index < -0.39 is 0 Å². The minimum absolute atomic E-state index is 0.0373. The Morgan fingerprint density at radius 3 is 2.28 bits per heavy atom. The molecule has 5 heteroatoms. The number of hydrogen-bond acceptors (Lipinski definition) is 4. The van der Waals surface area contributed by atoms with E-state index in [1.54, 1.807) is 0 Å². The Labute approximate surface area is 152 Å². The van der Waals surface area contributed by atoms with Crippen LogP contribution in [0.1, 0.15) is 60.3 Å². The van der Waals surface area contributed by atoms with Crippen LogP contribution in [0.25, 0.3) is 0 Å². The molecule has 144 valence electrons. The SMILES string of the molecule is CC(C)OC(=O)C[N+](C)(C)CCC(=O)OC1CC2CCC1(C)C2(C)C. The van der Waals surface area contributed by atoms with Crippen LogP contribution in [0.3, 0.4) is 0 Å². The van der Waals surface area contributed by atoms with Crippen LogP contribution in [0, 0.1) is 16.7 Å². The summed E-state index contributed by atoms with van der Waals surface area (Å²) < 4.78 is 11.5. The Hall–Kier alpha value is -1.10. The number of ether oxygens (including phenoxy) is 2. The fourth-order valence-corrected chi connectivity index (χ4v) is 4.65. The number of esters is 2. The molecule has 3 unspecified atom stereocenters. The Kier molecular flexibility index (Phi) is 5.58. The minimum atomic E-state index is -0.226. The van der Waals surface area contributed by atoms with E-state index in [4.69, 9.17) is 9.47 Å². The predicted molar refractivity (Wildman–Crippen MR) is 96.8 cm³/mol. The molecule has 0 saturated heterocycles. The average Bonchev–Trinajstić information content (AvgIpc) is 2.77. The van der Waals surface area contributed by atoms with Gasteiger partial charge >= 0.3 is 11.9 Å². The summed E-state index contributed by atoms with van der Waals surface area (Å²) >= 11 is 0. The van der Waals surface area contributed by atoms with Gasteiger partial charge in [-0.05, 0) is 44.4 Å². The number of hydrogen-bond donors (Lipinski definition) is 0. The lowest BCUT2D eigenvalue weighted by Crippen LogP contribution is -2.46. The van der Waals surface area contributed by atoms with E-state index in [1.165, 1.54) is 6.42 Å². The molecule has 2 rings (SSSR count). The zero-order valence-electron chi connectivity index (χ0n) is 17.1. The summed E-state index contributed by atoms with van der Waals surface area (Å²) in [6.07, 6.45) is 3.65. The van der Waals surface area contributed by atoms with Gasteiger partial charge in [-0.2, -0.15) is 0 Å². The molecule has 2 fully saturated rings. The van der Waals surface area contributed by atoms with Gasteiger partial charge in [0.25, 0.3) is 0 Å². The van der Waals surface area contributed by atoms with Crippen molar-refractivity contribution in [1.29, 1.82) is 0 Å². The third kappa shape index (κ3) is 4.18. The van der Waals surface area contributed by atoms with Crippen LogP contribution in [0.15, 0.2) is 0 Å². The largest absolute Gasteiger partial charge is 0.462 e. The quantitative estimate of drug-likeness (QED) is 0.520. The molecule has 0 aromatic carbocycles. The zero-order valence-corrected chi connectivity index (χ0v) is 17.1. The normalized spacial score (nSPS) is 30.6. The van der Waals surface area contributed by atoms with Gasteiger partial charge in [0.15, 0.2) is 6.54 Å². The van der Waals surface area contributed by atoms with Crippen molar-refractivity contribution >= 4 is 11.9 Å². The Balaban J connectivity index is 1.82. The molecule has 0 N–H and O–H groups in total. The van der Waals surface area contributed by atoms with Gasteiger partial charge in [-0.25, -0.2) is 4.79 Å². The van der Waals surface area contributed by atoms with Gasteiger partial charge in [0.1, 0.15) is 6.10 Å². The van der Waals surface area contributed by atoms with Crippen LogP contribution in [0.5, 0.6) is 0 Å². The van der Waals surface area contributed by atoms with Crippen LogP contribution in [0.4, 0.5) is 0 Å². The molecule has 0 aromatic heterocycles. The van der Waals surface area contributed by atoms with E-state index in [0.29, 0.717) is 23.4 Å². The lowest BCUT2D eigenvalue weighted by molar-refractivity contribution is -0.882. The summed E-state index contributed by atoms with van der Waals surface area (Å²) in [5.74, 6) is 0.294. The average molecular weight is 355 g/mol. The molecule has 0 amide bonds. The number of carbonyl (C=O) groups excluding carboxylic acids is 2. The van der Waals surface area contributed by atoms with Gasteiger partial charge in [0.05, 0.1) is 33.2 Å². The standard InChI is InChI=1S/C20H36NO4/c1-14(2)24-18(23)13-21(6,7)11-9-17(22)25-16-12-15-8-10-20(16,5)19(15,3)4/h14-16H,8-13H2,1-7H3/q+1. The predicted octanol–water partition coefficient (Wildman–Crippen LogP) is 3.16. The van der Waals surface area contributed by atoms with Crippen molar-refractivity contribution in [2.45, 2.75) is 72.5 Å². The summed E-state index contributed by atoms with van der Waals surface area (Å²) in [5.41, 5.74) is 0.340. The molecule has 0 spiro atoms. The lowest BCUT2D eigenvalue weighted by Gasteiger charge is -2.38. The van der Waals surface area contributed by atoms with Crippen molar-refractivity contribution in [2.75, 3.05) is 27.2 Å². The molecule has 0 heterocycles. The van der Waals surface area contributed by atoms with Crippen molar-refractivity contribution in [3.63, 3.8) is 0 Å². The molecule has 3 atom stereocenters. The zero-order chi connectivity index (χ0) is 19.0. The van der Waals surface area contributed by atoms with Crippen molar-refractivity contribution in [3.8, 4) is 0 Å². The molecule has 25 heavy (non-hydrogen) atoms.